The van der Waals surface area contributed by atoms with Crippen molar-refractivity contribution in [1.82, 2.24) is 4.90 Å². The lowest BCUT2D eigenvalue weighted by atomic mass is 10.2. The van der Waals surface area contributed by atoms with E-state index in [9.17, 15) is 4.79 Å². The molecule has 1 aliphatic rings. The number of para-hydroxylation sites is 1. The average molecular weight is 311 g/mol. The number of nitrogens with zero attached hydrogens (tertiary/aromatic N) is 1. The summed E-state index contributed by atoms with van der Waals surface area (Å²) in [4.78, 5) is 15.7. The van der Waals surface area contributed by atoms with Crippen LogP contribution in [0.2, 0.25) is 0 Å². The normalized spacial score (nSPS) is 15.4. The van der Waals surface area contributed by atoms with Gasteiger partial charge >= 0.3 is 0 Å². The molecule has 120 valence electrons. The van der Waals surface area contributed by atoms with Crippen molar-refractivity contribution in [2.24, 2.45) is 0 Å². The zero-order valence-corrected chi connectivity index (χ0v) is 13.3. The van der Waals surface area contributed by atoms with Crippen molar-refractivity contribution in [3.8, 4) is 5.75 Å². The van der Waals surface area contributed by atoms with Crippen molar-refractivity contribution in [2.45, 2.75) is 6.54 Å². The van der Waals surface area contributed by atoms with Crippen molar-refractivity contribution in [3.63, 3.8) is 0 Å². The molecule has 1 amide bonds. The number of hydrogen-bond acceptors (Lipinski definition) is 2. The van der Waals surface area contributed by atoms with Crippen LogP contribution in [0.1, 0.15) is 5.56 Å². The maximum Gasteiger partial charge on any atom is 0.260 e. The number of benzene rings is 2. The molecular formula is C19H23N2O2+. The number of amides is 1. The molecule has 1 fully saturated rings. The van der Waals surface area contributed by atoms with Gasteiger partial charge in [-0.05, 0) is 12.1 Å². The monoisotopic (exact) mass is 311 g/mol. The average Bonchev–Trinajstić information content (AvgIpc) is 2.62. The summed E-state index contributed by atoms with van der Waals surface area (Å²) in [5.74, 6) is 0.821. The Morgan fingerprint density at radius 2 is 1.57 bits per heavy atom. The van der Waals surface area contributed by atoms with Gasteiger partial charge in [-0.1, -0.05) is 48.5 Å². The number of ether oxygens (including phenoxy) is 1. The van der Waals surface area contributed by atoms with Gasteiger partial charge in [-0.25, -0.2) is 0 Å². The second-order valence-corrected chi connectivity index (χ2v) is 5.89. The first-order valence-corrected chi connectivity index (χ1v) is 8.14. The van der Waals surface area contributed by atoms with Crippen molar-refractivity contribution in [1.29, 1.82) is 0 Å². The van der Waals surface area contributed by atoms with E-state index in [1.165, 1.54) is 10.5 Å². The molecule has 4 nitrogen and oxygen atoms in total. The molecule has 0 aliphatic carbocycles. The Hall–Kier alpha value is -2.33. The van der Waals surface area contributed by atoms with E-state index >= 15 is 0 Å². The van der Waals surface area contributed by atoms with E-state index in [4.69, 9.17) is 4.74 Å². The van der Waals surface area contributed by atoms with Gasteiger partial charge in [0.2, 0.25) is 0 Å². The van der Waals surface area contributed by atoms with E-state index < -0.39 is 0 Å². The van der Waals surface area contributed by atoms with Crippen molar-refractivity contribution in [3.05, 3.63) is 66.2 Å². The lowest BCUT2D eigenvalue weighted by molar-refractivity contribution is -0.917. The van der Waals surface area contributed by atoms with Crippen LogP contribution in [-0.4, -0.2) is 43.6 Å². The number of carbonyl (C=O) groups excluding carboxylic acids is 1. The maximum atomic E-state index is 12.2. The van der Waals surface area contributed by atoms with E-state index in [1.54, 1.807) is 0 Å². The van der Waals surface area contributed by atoms with Gasteiger partial charge in [-0.3, -0.25) is 4.79 Å². The minimum Gasteiger partial charge on any atom is -0.484 e. The van der Waals surface area contributed by atoms with Crippen LogP contribution in [0.3, 0.4) is 0 Å². The number of quaternary nitrogens is 1. The minimum atomic E-state index is 0.0765. The highest BCUT2D eigenvalue weighted by atomic mass is 16.5. The summed E-state index contributed by atoms with van der Waals surface area (Å²) in [6, 6.07) is 20.0. The molecule has 1 N–H and O–H groups in total. The van der Waals surface area contributed by atoms with Crippen LogP contribution < -0.4 is 9.64 Å². The Balaban J connectivity index is 1.42. The fraction of sp³-hybridized carbons (Fsp3) is 0.316. The van der Waals surface area contributed by atoms with Crippen molar-refractivity contribution in [2.75, 3.05) is 32.8 Å². The Morgan fingerprint density at radius 1 is 0.957 bits per heavy atom. The van der Waals surface area contributed by atoms with Crippen LogP contribution in [-0.2, 0) is 11.3 Å². The second kappa shape index (κ2) is 7.79. The summed E-state index contributed by atoms with van der Waals surface area (Å²) in [7, 11) is 0. The summed E-state index contributed by atoms with van der Waals surface area (Å²) in [5, 5.41) is 0. The molecule has 0 bridgehead atoms. The predicted molar refractivity (Wildman–Crippen MR) is 89.4 cm³/mol. The highest BCUT2D eigenvalue weighted by Crippen LogP contribution is 2.08. The first kappa shape index (κ1) is 15.6. The van der Waals surface area contributed by atoms with Gasteiger partial charge in [0, 0.05) is 5.56 Å². The number of carbonyl (C=O) groups is 1. The van der Waals surface area contributed by atoms with Gasteiger partial charge in [0.25, 0.3) is 5.91 Å². The van der Waals surface area contributed by atoms with Crippen molar-refractivity contribution >= 4 is 5.91 Å². The summed E-state index contributed by atoms with van der Waals surface area (Å²) in [6.07, 6.45) is 0. The van der Waals surface area contributed by atoms with E-state index in [0.717, 1.165) is 38.5 Å². The van der Waals surface area contributed by atoms with Crippen molar-refractivity contribution < 1.29 is 14.4 Å². The van der Waals surface area contributed by atoms with E-state index in [-0.39, 0.29) is 12.5 Å². The molecule has 0 spiro atoms. The van der Waals surface area contributed by atoms with Crippen LogP contribution >= 0.6 is 0 Å². The first-order chi connectivity index (χ1) is 11.3. The van der Waals surface area contributed by atoms with Gasteiger partial charge in [0.1, 0.15) is 12.3 Å². The zero-order valence-electron chi connectivity index (χ0n) is 13.3. The molecule has 4 heteroatoms. The maximum absolute atomic E-state index is 12.2. The predicted octanol–water partition coefficient (Wildman–Crippen LogP) is 0.993. The minimum absolute atomic E-state index is 0.0765. The number of rotatable bonds is 5. The Kier molecular flexibility index (Phi) is 5.27. The van der Waals surface area contributed by atoms with E-state index in [0.29, 0.717) is 0 Å². The quantitative estimate of drug-likeness (QED) is 0.894. The molecule has 3 rings (SSSR count). The van der Waals surface area contributed by atoms with Gasteiger partial charge < -0.3 is 14.5 Å². The highest BCUT2D eigenvalue weighted by Gasteiger charge is 2.23. The Morgan fingerprint density at radius 3 is 2.22 bits per heavy atom. The van der Waals surface area contributed by atoms with Gasteiger partial charge in [0.05, 0.1) is 26.2 Å². The van der Waals surface area contributed by atoms with Gasteiger partial charge in [-0.2, -0.15) is 0 Å². The summed E-state index contributed by atoms with van der Waals surface area (Å²) >= 11 is 0. The molecule has 1 aliphatic heterocycles. The molecular weight excluding hydrogens is 288 g/mol. The van der Waals surface area contributed by atoms with Crippen LogP contribution in [0, 0.1) is 0 Å². The van der Waals surface area contributed by atoms with Gasteiger partial charge in [0.15, 0.2) is 6.61 Å². The molecule has 1 heterocycles. The zero-order chi connectivity index (χ0) is 15.9. The summed E-state index contributed by atoms with van der Waals surface area (Å²) in [6.45, 7) is 4.75. The Labute approximate surface area is 137 Å². The summed E-state index contributed by atoms with van der Waals surface area (Å²) < 4.78 is 5.55. The van der Waals surface area contributed by atoms with E-state index in [2.05, 4.69) is 24.3 Å². The molecule has 2 aromatic rings. The number of hydrogen-bond donors (Lipinski definition) is 1. The topological polar surface area (TPSA) is 34.0 Å². The fourth-order valence-corrected chi connectivity index (χ4v) is 2.89. The molecule has 0 radical (unpaired) electrons. The highest BCUT2D eigenvalue weighted by molar-refractivity contribution is 5.77. The Bertz CT molecular complexity index is 608. The largest absolute Gasteiger partial charge is 0.484 e. The molecule has 23 heavy (non-hydrogen) atoms. The van der Waals surface area contributed by atoms with E-state index in [1.807, 2.05) is 41.3 Å². The molecule has 0 unspecified atom stereocenters. The second-order valence-electron chi connectivity index (χ2n) is 5.89. The smallest absolute Gasteiger partial charge is 0.260 e. The molecule has 0 atom stereocenters. The fourth-order valence-electron chi connectivity index (χ4n) is 2.89. The lowest BCUT2D eigenvalue weighted by Crippen LogP contribution is -3.13. The molecule has 0 aromatic heterocycles. The third kappa shape index (κ3) is 4.57. The lowest BCUT2D eigenvalue weighted by Gasteiger charge is -2.32. The third-order valence-electron chi connectivity index (χ3n) is 4.23. The standard InChI is InChI=1S/C19H22N2O2/c22-19(16-23-18-9-5-2-6-10-18)21-13-11-20(12-14-21)15-17-7-3-1-4-8-17/h1-10H,11-16H2/p+1. The van der Waals surface area contributed by atoms with Crippen LogP contribution in [0.5, 0.6) is 5.75 Å². The van der Waals surface area contributed by atoms with Gasteiger partial charge in [-0.15, -0.1) is 0 Å². The summed E-state index contributed by atoms with van der Waals surface area (Å²) in [5.41, 5.74) is 1.36. The van der Waals surface area contributed by atoms with Crippen LogP contribution in [0.15, 0.2) is 60.7 Å². The molecule has 0 saturated carbocycles. The molecule has 1 saturated heterocycles. The van der Waals surface area contributed by atoms with Crippen LogP contribution in [0.4, 0.5) is 0 Å². The first-order valence-electron chi connectivity index (χ1n) is 8.14. The molecule has 2 aromatic carbocycles. The number of piperazine rings is 1. The SMILES string of the molecule is O=C(COc1ccccc1)N1CC[NH+](Cc2ccccc2)CC1. The number of nitrogens with one attached hydrogen (secondary N) is 1. The third-order valence-corrected chi connectivity index (χ3v) is 4.23. The van der Waals surface area contributed by atoms with Crippen LogP contribution in [0.25, 0.3) is 0 Å².